The fraction of sp³-hybridized carbons (Fsp3) is 0.455. The summed E-state index contributed by atoms with van der Waals surface area (Å²) in [5.41, 5.74) is 0.216. The first kappa shape index (κ1) is 10.3. The zero-order valence-corrected chi connectivity index (χ0v) is 9.10. The summed E-state index contributed by atoms with van der Waals surface area (Å²) in [7, 11) is 1.56. The summed E-state index contributed by atoms with van der Waals surface area (Å²) in [6.07, 6.45) is 0. The molecule has 1 heterocycles. The SMILES string of the molecule is COC1(c2ccccc2)N=NC(C)(C)O1. The molecule has 80 valence electrons. The molecule has 0 bridgehead atoms. The molecule has 1 aromatic carbocycles. The second-order valence-corrected chi connectivity index (χ2v) is 3.90. The second-order valence-electron chi connectivity index (χ2n) is 3.90. The Balaban J connectivity index is 2.38. The highest BCUT2D eigenvalue weighted by Gasteiger charge is 2.45. The van der Waals surface area contributed by atoms with E-state index in [-0.39, 0.29) is 0 Å². The molecule has 2 rings (SSSR count). The second kappa shape index (κ2) is 3.40. The quantitative estimate of drug-likeness (QED) is 0.746. The van der Waals surface area contributed by atoms with Crippen molar-refractivity contribution in [1.82, 2.24) is 0 Å². The number of methoxy groups -OCH3 is 1. The van der Waals surface area contributed by atoms with Gasteiger partial charge in [0.2, 0.25) is 0 Å². The molecule has 0 aromatic heterocycles. The van der Waals surface area contributed by atoms with Gasteiger partial charge in [-0.2, -0.15) is 5.11 Å². The highest BCUT2D eigenvalue weighted by atomic mass is 16.7. The van der Waals surface area contributed by atoms with E-state index >= 15 is 0 Å². The van der Waals surface area contributed by atoms with Gasteiger partial charge in [-0.3, -0.25) is 4.74 Å². The summed E-state index contributed by atoms with van der Waals surface area (Å²) < 4.78 is 11.1. The first-order valence-corrected chi connectivity index (χ1v) is 4.83. The molecular weight excluding hydrogens is 192 g/mol. The lowest BCUT2D eigenvalue weighted by Gasteiger charge is -2.26. The minimum Gasteiger partial charge on any atom is -0.330 e. The largest absolute Gasteiger partial charge is 0.330 e. The maximum Gasteiger partial charge on any atom is 0.317 e. The maximum atomic E-state index is 5.72. The normalized spacial score (nSPS) is 28.2. The molecule has 1 aliphatic rings. The Morgan fingerprint density at radius 2 is 1.80 bits per heavy atom. The number of ether oxygens (including phenoxy) is 2. The Morgan fingerprint density at radius 3 is 2.27 bits per heavy atom. The Bertz CT molecular complexity index is 375. The van der Waals surface area contributed by atoms with Crippen LogP contribution in [0.5, 0.6) is 0 Å². The Hall–Kier alpha value is -1.26. The maximum absolute atomic E-state index is 5.72. The summed E-state index contributed by atoms with van der Waals surface area (Å²) in [5.74, 6) is -1.08. The van der Waals surface area contributed by atoms with Crippen LogP contribution in [-0.4, -0.2) is 12.8 Å². The van der Waals surface area contributed by atoms with Crippen LogP contribution in [-0.2, 0) is 15.4 Å². The Morgan fingerprint density at radius 1 is 1.13 bits per heavy atom. The number of benzene rings is 1. The predicted molar refractivity (Wildman–Crippen MR) is 55.1 cm³/mol. The van der Waals surface area contributed by atoms with Gasteiger partial charge >= 0.3 is 5.91 Å². The number of nitrogens with zero attached hydrogens (tertiary/aromatic N) is 2. The molecular formula is C11H14N2O2. The van der Waals surface area contributed by atoms with E-state index in [1.807, 2.05) is 44.2 Å². The van der Waals surface area contributed by atoms with Crippen molar-refractivity contribution in [1.29, 1.82) is 0 Å². The molecule has 4 nitrogen and oxygen atoms in total. The van der Waals surface area contributed by atoms with Gasteiger partial charge in [0.05, 0.1) is 0 Å². The van der Waals surface area contributed by atoms with E-state index in [1.54, 1.807) is 7.11 Å². The first-order chi connectivity index (χ1) is 7.08. The van der Waals surface area contributed by atoms with Crippen LogP contribution in [0.15, 0.2) is 40.6 Å². The fourth-order valence-corrected chi connectivity index (χ4v) is 1.53. The van der Waals surface area contributed by atoms with Crippen molar-refractivity contribution in [3.05, 3.63) is 35.9 Å². The van der Waals surface area contributed by atoms with Gasteiger partial charge in [-0.1, -0.05) is 30.3 Å². The van der Waals surface area contributed by atoms with E-state index in [0.717, 1.165) is 5.56 Å². The molecule has 4 heteroatoms. The summed E-state index contributed by atoms with van der Waals surface area (Å²) in [6, 6.07) is 9.58. The van der Waals surface area contributed by atoms with Crippen molar-refractivity contribution in [2.75, 3.05) is 7.11 Å². The van der Waals surface area contributed by atoms with Gasteiger partial charge in [0.25, 0.3) is 0 Å². The van der Waals surface area contributed by atoms with Gasteiger partial charge in [-0.15, -0.1) is 5.11 Å². The molecule has 0 saturated carbocycles. The molecule has 0 N–H and O–H groups in total. The lowest BCUT2D eigenvalue weighted by Crippen LogP contribution is -2.32. The molecule has 0 radical (unpaired) electrons. The average molecular weight is 206 g/mol. The van der Waals surface area contributed by atoms with E-state index in [2.05, 4.69) is 10.2 Å². The van der Waals surface area contributed by atoms with Crippen LogP contribution >= 0.6 is 0 Å². The molecule has 15 heavy (non-hydrogen) atoms. The highest BCUT2D eigenvalue weighted by molar-refractivity contribution is 5.20. The minimum atomic E-state index is -1.08. The third-order valence-corrected chi connectivity index (χ3v) is 2.23. The monoisotopic (exact) mass is 206 g/mol. The van der Waals surface area contributed by atoms with Crippen LogP contribution in [0.4, 0.5) is 0 Å². The van der Waals surface area contributed by atoms with Crippen molar-refractivity contribution in [2.45, 2.75) is 25.5 Å². The molecule has 1 aliphatic heterocycles. The molecule has 0 fully saturated rings. The molecule has 0 saturated heterocycles. The topological polar surface area (TPSA) is 43.2 Å². The van der Waals surface area contributed by atoms with E-state index in [4.69, 9.17) is 9.47 Å². The van der Waals surface area contributed by atoms with Crippen LogP contribution < -0.4 is 0 Å². The lowest BCUT2D eigenvalue weighted by atomic mass is 10.1. The van der Waals surface area contributed by atoms with Crippen LogP contribution in [0.2, 0.25) is 0 Å². The Kier molecular flexibility index (Phi) is 2.32. The van der Waals surface area contributed by atoms with Gasteiger partial charge in [0.1, 0.15) is 0 Å². The zero-order chi connectivity index (χ0) is 10.9. The lowest BCUT2D eigenvalue weighted by molar-refractivity contribution is -0.247. The van der Waals surface area contributed by atoms with E-state index in [1.165, 1.54) is 0 Å². The number of hydrogen-bond acceptors (Lipinski definition) is 4. The summed E-state index contributed by atoms with van der Waals surface area (Å²) in [4.78, 5) is 0. The number of azo groups is 1. The van der Waals surface area contributed by atoms with Crippen LogP contribution in [0, 0.1) is 0 Å². The third kappa shape index (κ3) is 1.78. The van der Waals surface area contributed by atoms with Gasteiger partial charge in [0, 0.05) is 12.7 Å². The molecule has 1 unspecified atom stereocenters. The van der Waals surface area contributed by atoms with Crippen molar-refractivity contribution in [3.8, 4) is 0 Å². The number of hydrogen-bond donors (Lipinski definition) is 0. The standard InChI is InChI=1S/C11H14N2O2/c1-10(2)12-13-11(14-3,15-10)9-7-5-4-6-8-9/h4-8H,1-3H3. The predicted octanol–water partition coefficient (Wildman–Crippen LogP) is 2.66. The fourth-order valence-electron chi connectivity index (χ4n) is 1.53. The van der Waals surface area contributed by atoms with Gasteiger partial charge in [-0.05, 0) is 13.8 Å². The van der Waals surface area contributed by atoms with E-state index in [9.17, 15) is 0 Å². The minimum absolute atomic E-state index is 0.633. The highest BCUT2D eigenvalue weighted by Crippen LogP contribution is 2.39. The van der Waals surface area contributed by atoms with Crippen LogP contribution in [0.3, 0.4) is 0 Å². The molecule has 1 aromatic rings. The van der Waals surface area contributed by atoms with Crippen molar-refractivity contribution in [2.24, 2.45) is 10.2 Å². The molecule has 0 aliphatic carbocycles. The summed E-state index contributed by atoms with van der Waals surface area (Å²) in [5, 5.41) is 8.14. The summed E-state index contributed by atoms with van der Waals surface area (Å²) >= 11 is 0. The number of rotatable bonds is 2. The van der Waals surface area contributed by atoms with Crippen LogP contribution in [0.25, 0.3) is 0 Å². The third-order valence-electron chi connectivity index (χ3n) is 2.23. The molecule has 0 amide bonds. The first-order valence-electron chi connectivity index (χ1n) is 4.83. The summed E-state index contributed by atoms with van der Waals surface area (Å²) in [6.45, 7) is 3.69. The smallest absolute Gasteiger partial charge is 0.317 e. The van der Waals surface area contributed by atoms with E-state index in [0.29, 0.717) is 0 Å². The van der Waals surface area contributed by atoms with Crippen molar-refractivity contribution < 1.29 is 9.47 Å². The van der Waals surface area contributed by atoms with Gasteiger partial charge in [0.15, 0.2) is 5.72 Å². The van der Waals surface area contributed by atoms with Crippen LogP contribution in [0.1, 0.15) is 19.4 Å². The van der Waals surface area contributed by atoms with Crippen molar-refractivity contribution in [3.63, 3.8) is 0 Å². The van der Waals surface area contributed by atoms with E-state index < -0.39 is 11.6 Å². The molecule has 1 atom stereocenters. The van der Waals surface area contributed by atoms with Gasteiger partial charge in [-0.25, -0.2) is 0 Å². The average Bonchev–Trinajstić information content (AvgIpc) is 2.57. The molecule has 0 spiro atoms. The Labute approximate surface area is 88.9 Å². The van der Waals surface area contributed by atoms with Gasteiger partial charge < -0.3 is 4.74 Å². The van der Waals surface area contributed by atoms with Crippen molar-refractivity contribution >= 4 is 0 Å². The zero-order valence-electron chi connectivity index (χ0n) is 9.10.